The molecule has 4 heteroatoms. The van der Waals surface area contributed by atoms with Crippen LogP contribution >= 0.6 is 11.6 Å². The van der Waals surface area contributed by atoms with Crippen LogP contribution in [0.5, 0.6) is 5.75 Å². The van der Waals surface area contributed by atoms with Crippen LogP contribution in [0.1, 0.15) is 11.1 Å². The maximum atomic E-state index is 9.24. The molecule has 0 saturated heterocycles. The van der Waals surface area contributed by atoms with E-state index in [0.717, 1.165) is 22.4 Å². The second-order valence-corrected chi connectivity index (χ2v) is 5.36. The third kappa shape index (κ3) is 3.50. The van der Waals surface area contributed by atoms with Crippen LogP contribution in [-0.2, 0) is 6.61 Å². The summed E-state index contributed by atoms with van der Waals surface area (Å²) in [5, 5.41) is 9.61. The molecule has 0 radical (unpaired) electrons. The van der Waals surface area contributed by atoms with Gasteiger partial charge in [-0.1, -0.05) is 54.1 Å². The van der Waals surface area contributed by atoms with Gasteiger partial charge in [0.25, 0.3) is 0 Å². The zero-order chi connectivity index (χ0) is 16.1. The third-order valence-corrected chi connectivity index (χ3v) is 3.71. The first-order chi connectivity index (χ1) is 11.3. The summed E-state index contributed by atoms with van der Waals surface area (Å²) in [5.74, 6) is 0.836. The predicted molar refractivity (Wildman–Crippen MR) is 90.2 cm³/mol. The van der Waals surface area contributed by atoms with Gasteiger partial charge in [-0.05, 0) is 23.3 Å². The van der Waals surface area contributed by atoms with Crippen LogP contribution < -0.4 is 4.74 Å². The molecule has 0 unspecified atom stereocenters. The summed E-state index contributed by atoms with van der Waals surface area (Å²) >= 11 is 6.02. The van der Waals surface area contributed by atoms with Gasteiger partial charge in [0.15, 0.2) is 0 Å². The van der Waals surface area contributed by atoms with Gasteiger partial charge in [0.2, 0.25) is 0 Å². The van der Waals surface area contributed by atoms with E-state index < -0.39 is 0 Å². The van der Waals surface area contributed by atoms with E-state index in [4.69, 9.17) is 16.3 Å². The van der Waals surface area contributed by atoms with E-state index in [9.17, 15) is 5.26 Å². The lowest BCUT2D eigenvalue weighted by Crippen LogP contribution is -1.95. The van der Waals surface area contributed by atoms with Crippen molar-refractivity contribution in [2.75, 3.05) is 0 Å². The van der Waals surface area contributed by atoms with Crippen molar-refractivity contribution in [2.24, 2.45) is 0 Å². The number of hydrogen-bond acceptors (Lipinski definition) is 3. The Balaban J connectivity index is 1.78. The number of benzene rings is 2. The van der Waals surface area contributed by atoms with E-state index >= 15 is 0 Å². The predicted octanol–water partition coefficient (Wildman–Crippen LogP) is 4.85. The monoisotopic (exact) mass is 320 g/mol. The van der Waals surface area contributed by atoms with Crippen molar-refractivity contribution in [1.82, 2.24) is 4.98 Å². The fraction of sp³-hybridized carbons (Fsp3) is 0.0526. The molecule has 3 rings (SSSR count). The first-order valence-corrected chi connectivity index (χ1v) is 7.46. The van der Waals surface area contributed by atoms with Crippen molar-refractivity contribution in [3.05, 3.63) is 83.1 Å². The molecule has 0 spiro atoms. The van der Waals surface area contributed by atoms with Crippen molar-refractivity contribution in [3.63, 3.8) is 0 Å². The highest BCUT2D eigenvalue weighted by molar-refractivity contribution is 6.32. The second-order valence-electron chi connectivity index (χ2n) is 4.95. The highest BCUT2D eigenvalue weighted by Gasteiger charge is 2.09. The number of ether oxygens (including phenoxy) is 1. The van der Waals surface area contributed by atoms with E-state index in [1.54, 1.807) is 6.20 Å². The van der Waals surface area contributed by atoms with Crippen LogP contribution in [-0.4, -0.2) is 4.98 Å². The molecule has 0 fully saturated rings. The zero-order valence-electron chi connectivity index (χ0n) is 12.2. The van der Waals surface area contributed by atoms with Crippen molar-refractivity contribution in [2.45, 2.75) is 6.61 Å². The Hall–Kier alpha value is -2.83. The van der Waals surface area contributed by atoms with Gasteiger partial charge in [0.05, 0.1) is 10.6 Å². The van der Waals surface area contributed by atoms with Gasteiger partial charge in [0.1, 0.15) is 18.4 Å². The van der Waals surface area contributed by atoms with Crippen LogP contribution in [0.4, 0.5) is 0 Å². The summed E-state index contributed by atoms with van der Waals surface area (Å²) in [6.07, 6.45) is 3.13. The molecule has 0 saturated carbocycles. The molecular weight excluding hydrogens is 308 g/mol. The van der Waals surface area contributed by atoms with Gasteiger partial charge in [-0.3, -0.25) is 4.98 Å². The fourth-order valence-electron chi connectivity index (χ4n) is 2.23. The number of nitriles is 1. The van der Waals surface area contributed by atoms with Gasteiger partial charge < -0.3 is 4.74 Å². The second kappa shape index (κ2) is 6.95. The molecule has 0 amide bonds. The molecule has 112 valence electrons. The number of pyridine rings is 1. The maximum absolute atomic E-state index is 9.24. The summed E-state index contributed by atoms with van der Waals surface area (Å²) in [7, 11) is 0. The maximum Gasteiger partial charge on any atom is 0.119 e. The van der Waals surface area contributed by atoms with Gasteiger partial charge in [-0.2, -0.15) is 5.26 Å². The van der Waals surface area contributed by atoms with E-state index in [1.165, 1.54) is 6.20 Å². The first kappa shape index (κ1) is 15.1. The third-order valence-electron chi connectivity index (χ3n) is 3.43. The number of halogens is 1. The lowest BCUT2D eigenvalue weighted by Gasteiger charge is -2.08. The molecule has 0 aliphatic heterocycles. The zero-order valence-corrected chi connectivity index (χ0v) is 13.0. The largest absolute Gasteiger partial charge is 0.489 e. The highest BCUT2D eigenvalue weighted by atomic mass is 35.5. The minimum absolute atomic E-state index is 0.362. The summed E-state index contributed by atoms with van der Waals surface area (Å²) in [6.45, 7) is 0.489. The summed E-state index contributed by atoms with van der Waals surface area (Å²) < 4.78 is 5.72. The van der Waals surface area contributed by atoms with Crippen LogP contribution in [0.25, 0.3) is 11.1 Å². The van der Waals surface area contributed by atoms with Crippen molar-refractivity contribution in [3.8, 4) is 22.9 Å². The molecule has 3 nitrogen and oxygen atoms in total. The molecular formula is C19H13ClN2O. The van der Waals surface area contributed by atoms with Gasteiger partial charge in [-0.25, -0.2) is 0 Å². The Labute approximate surface area is 139 Å². The summed E-state index contributed by atoms with van der Waals surface area (Å²) in [5.41, 5.74) is 3.12. The average Bonchev–Trinajstić information content (AvgIpc) is 2.61. The van der Waals surface area contributed by atoms with Crippen molar-refractivity contribution in [1.29, 1.82) is 5.26 Å². The van der Waals surface area contributed by atoms with E-state index in [1.807, 2.05) is 54.6 Å². The summed E-state index contributed by atoms with van der Waals surface area (Å²) in [4.78, 5) is 4.06. The number of aromatic nitrogens is 1. The Kier molecular flexibility index (Phi) is 4.56. The van der Waals surface area contributed by atoms with Crippen LogP contribution in [0, 0.1) is 11.3 Å². The number of hydrogen-bond donors (Lipinski definition) is 0. The SMILES string of the molecule is N#Cc1c(Cl)cncc1-c1ccc(COc2ccccc2)cc1. The van der Waals surface area contributed by atoms with Crippen LogP contribution in [0.3, 0.4) is 0 Å². The Morgan fingerprint density at radius 2 is 1.74 bits per heavy atom. The van der Waals surface area contributed by atoms with Crippen molar-refractivity contribution < 1.29 is 4.74 Å². The topological polar surface area (TPSA) is 45.9 Å². The normalized spacial score (nSPS) is 10.1. The molecule has 0 bridgehead atoms. The van der Waals surface area contributed by atoms with E-state index in [2.05, 4.69) is 11.1 Å². The van der Waals surface area contributed by atoms with Crippen LogP contribution in [0.2, 0.25) is 5.02 Å². The Bertz CT molecular complexity index is 839. The summed E-state index contributed by atoms with van der Waals surface area (Å²) in [6, 6.07) is 19.6. The van der Waals surface area contributed by atoms with Gasteiger partial charge >= 0.3 is 0 Å². The van der Waals surface area contributed by atoms with Gasteiger partial charge in [-0.15, -0.1) is 0 Å². The molecule has 1 heterocycles. The van der Waals surface area contributed by atoms with Crippen LogP contribution in [0.15, 0.2) is 67.0 Å². The average molecular weight is 321 g/mol. The van der Waals surface area contributed by atoms with E-state index in [-0.39, 0.29) is 0 Å². The smallest absolute Gasteiger partial charge is 0.119 e. The Morgan fingerprint density at radius 1 is 1.00 bits per heavy atom. The minimum atomic E-state index is 0.362. The highest BCUT2D eigenvalue weighted by Crippen LogP contribution is 2.27. The molecule has 0 aliphatic carbocycles. The molecule has 0 aliphatic rings. The van der Waals surface area contributed by atoms with Gasteiger partial charge in [0, 0.05) is 18.0 Å². The Morgan fingerprint density at radius 3 is 2.43 bits per heavy atom. The number of para-hydroxylation sites is 1. The lowest BCUT2D eigenvalue weighted by molar-refractivity contribution is 0.306. The standard InChI is InChI=1S/C19H13ClN2O/c20-19-12-22-11-18(17(19)10-21)15-8-6-14(7-9-15)13-23-16-4-2-1-3-5-16/h1-9,11-12H,13H2. The molecule has 0 atom stereocenters. The molecule has 2 aromatic carbocycles. The molecule has 1 aromatic heterocycles. The first-order valence-electron chi connectivity index (χ1n) is 7.08. The molecule has 3 aromatic rings. The van der Waals surface area contributed by atoms with E-state index in [0.29, 0.717) is 17.2 Å². The fourth-order valence-corrected chi connectivity index (χ4v) is 2.43. The lowest BCUT2D eigenvalue weighted by atomic mass is 10.0. The number of rotatable bonds is 4. The minimum Gasteiger partial charge on any atom is -0.489 e. The molecule has 0 N–H and O–H groups in total. The number of nitrogens with zero attached hydrogens (tertiary/aromatic N) is 2. The molecule has 23 heavy (non-hydrogen) atoms. The quantitative estimate of drug-likeness (QED) is 0.690. The van der Waals surface area contributed by atoms with Crippen molar-refractivity contribution >= 4 is 11.6 Å².